The number of carbonyl (C=O) groups is 2. The van der Waals surface area contributed by atoms with Gasteiger partial charge in [0.15, 0.2) is 5.65 Å². The third-order valence-corrected chi connectivity index (χ3v) is 5.33. The molecule has 2 heterocycles. The lowest BCUT2D eigenvalue weighted by molar-refractivity contribution is -0.141. The van der Waals surface area contributed by atoms with Gasteiger partial charge in [0.1, 0.15) is 0 Å². The molecule has 2 aromatic carbocycles. The molecule has 32 heavy (non-hydrogen) atoms. The molecule has 7 nitrogen and oxygen atoms in total. The number of fused-ring (bicyclic) bond motifs is 1. The van der Waals surface area contributed by atoms with E-state index in [-0.39, 0.29) is 12.3 Å². The van der Waals surface area contributed by atoms with Crippen LogP contribution >= 0.6 is 0 Å². The van der Waals surface area contributed by atoms with Crippen molar-refractivity contribution in [2.24, 2.45) is 0 Å². The molecular formula is C25H24N4O3. The number of hydrogen-bond donors (Lipinski definition) is 1. The number of aromatic nitrogens is 3. The zero-order valence-corrected chi connectivity index (χ0v) is 18.0. The van der Waals surface area contributed by atoms with Crippen molar-refractivity contribution in [1.82, 2.24) is 20.1 Å². The van der Waals surface area contributed by atoms with E-state index in [1.165, 1.54) is 7.11 Å². The van der Waals surface area contributed by atoms with Crippen LogP contribution in [0.15, 0.2) is 72.9 Å². The van der Waals surface area contributed by atoms with Crippen molar-refractivity contribution in [2.75, 3.05) is 7.11 Å². The first-order valence-electron chi connectivity index (χ1n) is 10.4. The molecule has 0 bridgehead atoms. The minimum absolute atomic E-state index is 0.0280. The van der Waals surface area contributed by atoms with Crippen LogP contribution in [-0.2, 0) is 16.1 Å². The Labute approximate surface area is 186 Å². The summed E-state index contributed by atoms with van der Waals surface area (Å²) < 4.78 is 6.61. The number of rotatable bonds is 7. The molecule has 0 fully saturated rings. The molecule has 1 atom stereocenters. The molecule has 0 saturated heterocycles. The molecule has 0 aliphatic rings. The van der Waals surface area contributed by atoms with E-state index < -0.39 is 12.0 Å². The normalized spacial score (nSPS) is 11.8. The van der Waals surface area contributed by atoms with E-state index in [1.807, 2.05) is 67.6 Å². The second-order valence-corrected chi connectivity index (χ2v) is 7.34. The maximum absolute atomic E-state index is 13.5. The van der Waals surface area contributed by atoms with E-state index in [0.29, 0.717) is 28.8 Å². The summed E-state index contributed by atoms with van der Waals surface area (Å²) in [7, 11) is 1.34. The fraction of sp³-hybridized carbons (Fsp3) is 0.200. The van der Waals surface area contributed by atoms with Gasteiger partial charge in [-0.1, -0.05) is 60.7 Å². The lowest BCUT2D eigenvalue weighted by atomic mass is 10.0. The number of pyridine rings is 1. The number of nitrogens with one attached hydrogen (secondary N) is 1. The second-order valence-electron chi connectivity index (χ2n) is 7.34. The number of ether oxygens (including phenoxy) is 1. The highest BCUT2D eigenvalue weighted by Gasteiger charge is 2.23. The fourth-order valence-corrected chi connectivity index (χ4v) is 3.65. The van der Waals surface area contributed by atoms with E-state index in [1.54, 1.807) is 16.9 Å². The van der Waals surface area contributed by atoms with Crippen LogP contribution in [0.1, 0.15) is 35.3 Å². The van der Waals surface area contributed by atoms with Crippen LogP contribution in [-0.4, -0.2) is 33.8 Å². The summed E-state index contributed by atoms with van der Waals surface area (Å²) in [6, 6.07) is 20.3. The van der Waals surface area contributed by atoms with Gasteiger partial charge in [0.05, 0.1) is 42.4 Å². The van der Waals surface area contributed by atoms with Crippen LogP contribution < -0.4 is 5.32 Å². The van der Waals surface area contributed by atoms with Gasteiger partial charge in [-0.2, -0.15) is 5.10 Å². The maximum atomic E-state index is 13.5. The summed E-state index contributed by atoms with van der Waals surface area (Å²) in [5.41, 5.74) is 3.51. The average Bonchev–Trinajstić information content (AvgIpc) is 3.27. The Morgan fingerprint density at radius 2 is 1.75 bits per heavy atom. The minimum Gasteiger partial charge on any atom is -0.469 e. The number of nitrogens with zero attached hydrogens (tertiary/aromatic N) is 3. The number of benzene rings is 2. The number of esters is 1. The standard InChI is InChI=1S/C25H24N4O3/c1-3-29-24-20(16-26-29)19(14-21(27-24)17-10-6-4-7-11-17)25(31)28-22(15-23(30)32-2)18-12-8-5-9-13-18/h4-14,16,22H,3,15H2,1-2H3,(H,28,31). The highest BCUT2D eigenvalue weighted by Crippen LogP contribution is 2.26. The Morgan fingerprint density at radius 3 is 2.41 bits per heavy atom. The van der Waals surface area contributed by atoms with Gasteiger partial charge in [-0.15, -0.1) is 0 Å². The zero-order valence-electron chi connectivity index (χ0n) is 18.0. The van der Waals surface area contributed by atoms with E-state index >= 15 is 0 Å². The summed E-state index contributed by atoms with van der Waals surface area (Å²) in [6.07, 6.45) is 1.69. The summed E-state index contributed by atoms with van der Waals surface area (Å²) in [5.74, 6) is -0.703. The smallest absolute Gasteiger partial charge is 0.307 e. The zero-order chi connectivity index (χ0) is 22.5. The molecule has 4 aromatic rings. The lowest BCUT2D eigenvalue weighted by Crippen LogP contribution is -2.30. The van der Waals surface area contributed by atoms with Gasteiger partial charge >= 0.3 is 5.97 Å². The minimum atomic E-state index is -0.527. The van der Waals surface area contributed by atoms with Crippen molar-refractivity contribution >= 4 is 22.9 Å². The highest BCUT2D eigenvalue weighted by atomic mass is 16.5. The van der Waals surface area contributed by atoms with Crippen LogP contribution in [0.2, 0.25) is 0 Å². The Morgan fingerprint density at radius 1 is 1.06 bits per heavy atom. The highest BCUT2D eigenvalue weighted by molar-refractivity contribution is 6.06. The molecule has 0 aliphatic heterocycles. The molecule has 1 amide bonds. The molecule has 0 aliphatic carbocycles. The van der Waals surface area contributed by atoms with Gasteiger partial charge in [0.2, 0.25) is 0 Å². The summed E-state index contributed by atoms with van der Waals surface area (Å²) in [4.78, 5) is 30.2. The number of carbonyl (C=O) groups excluding carboxylic acids is 2. The molecule has 162 valence electrons. The Bertz CT molecular complexity index is 1240. The second kappa shape index (κ2) is 9.43. The van der Waals surface area contributed by atoms with Crippen molar-refractivity contribution in [3.05, 3.63) is 84.1 Å². The molecule has 7 heteroatoms. The van der Waals surface area contributed by atoms with Gasteiger partial charge in [-0.3, -0.25) is 9.59 Å². The van der Waals surface area contributed by atoms with Crippen LogP contribution in [0.3, 0.4) is 0 Å². The third kappa shape index (κ3) is 4.37. The fourth-order valence-electron chi connectivity index (χ4n) is 3.65. The Kier molecular flexibility index (Phi) is 6.26. The van der Waals surface area contributed by atoms with E-state index in [4.69, 9.17) is 9.72 Å². The van der Waals surface area contributed by atoms with Crippen LogP contribution in [0.25, 0.3) is 22.3 Å². The van der Waals surface area contributed by atoms with Crippen molar-refractivity contribution in [2.45, 2.75) is 25.9 Å². The molecule has 0 saturated carbocycles. The van der Waals surface area contributed by atoms with Crippen molar-refractivity contribution in [3.8, 4) is 11.3 Å². The molecule has 1 unspecified atom stereocenters. The van der Waals surface area contributed by atoms with Crippen LogP contribution in [0.5, 0.6) is 0 Å². The summed E-state index contributed by atoms with van der Waals surface area (Å²) in [6.45, 7) is 2.61. The lowest BCUT2D eigenvalue weighted by Gasteiger charge is -2.19. The Balaban J connectivity index is 1.76. The number of methoxy groups -OCH3 is 1. The van der Waals surface area contributed by atoms with Gasteiger partial charge in [-0.25, -0.2) is 9.67 Å². The molecule has 2 aromatic heterocycles. The van der Waals surface area contributed by atoms with Gasteiger partial charge in [0.25, 0.3) is 5.91 Å². The van der Waals surface area contributed by atoms with Gasteiger partial charge < -0.3 is 10.1 Å². The first-order chi connectivity index (χ1) is 15.6. The molecule has 0 spiro atoms. The molecular weight excluding hydrogens is 404 g/mol. The number of aryl methyl sites for hydroxylation is 1. The Hall–Kier alpha value is -4.00. The SMILES string of the molecule is CCn1ncc2c(C(=O)NC(CC(=O)OC)c3ccccc3)cc(-c3ccccc3)nc21. The molecule has 0 radical (unpaired) electrons. The predicted octanol–water partition coefficient (Wildman–Crippen LogP) is 4.15. The topological polar surface area (TPSA) is 86.1 Å². The van der Waals surface area contributed by atoms with Gasteiger partial charge in [0, 0.05) is 12.1 Å². The maximum Gasteiger partial charge on any atom is 0.307 e. The number of amides is 1. The van der Waals surface area contributed by atoms with Crippen molar-refractivity contribution < 1.29 is 14.3 Å². The van der Waals surface area contributed by atoms with Crippen molar-refractivity contribution in [3.63, 3.8) is 0 Å². The quantitative estimate of drug-likeness (QED) is 0.447. The van der Waals surface area contributed by atoms with Crippen molar-refractivity contribution in [1.29, 1.82) is 0 Å². The van der Waals surface area contributed by atoms with Gasteiger partial charge in [-0.05, 0) is 18.6 Å². The largest absolute Gasteiger partial charge is 0.469 e. The monoisotopic (exact) mass is 428 g/mol. The molecule has 4 rings (SSSR count). The summed E-state index contributed by atoms with van der Waals surface area (Å²) in [5, 5.41) is 8.06. The molecule has 1 N–H and O–H groups in total. The van der Waals surface area contributed by atoms with E-state index in [2.05, 4.69) is 10.4 Å². The summed E-state index contributed by atoms with van der Waals surface area (Å²) >= 11 is 0. The number of hydrogen-bond acceptors (Lipinski definition) is 5. The third-order valence-electron chi connectivity index (χ3n) is 5.33. The first-order valence-corrected chi connectivity index (χ1v) is 10.4. The first kappa shape index (κ1) is 21.2. The van der Waals surface area contributed by atoms with E-state index in [0.717, 1.165) is 11.1 Å². The van der Waals surface area contributed by atoms with Crippen LogP contribution in [0, 0.1) is 0 Å². The van der Waals surface area contributed by atoms with E-state index in [9.17, 15) is 9.59 Å². The average molecular weight is 428 g/mol. The predicted molar refractivity (Wildman–Crippen MR) is 122 cm³/mol. The van der Waals surface area contributed by atoms with Crippen LogP contribution in [0.4, 0.5) is 0 Å².